The van der Waals surface area contributed by atoms with Crippen LogP contribution in [0, 0.1) is 0 Å². The zero-order valence-electron chi connectivity index (χ0n) is 13.8. The number of aromatic nitrogens is 2. The van der Waals surface area contributed by atoms with E-state index in [9.17, 15) is 4.79 Å². The molecular formula is C17H20N4O3. The molecule has 1 aromatic heterocycles. The second kappa shape index (κ2) is 7.16. The Bertz CT molecular complexity index is 714. The minimum absolute atomic E-state index is 0.0640. The normalized spacial score (nSPS) is 12.6. The topological polar surface area (TPSA) is 76.6 Å². The molecule has 0 saturated carbocycles. The van der Waals surface area contributed by atoms with Gasteiger partial charge in [0, 0.05) is 37.2 Å². The van der Waals surface area contributed by atoms with Gasteiger partial charge in [0.15, 0.2) is 11.5 Å². The summed E-state index contributed by atoms with van der Waals surface area (Å²) in [5, 5.41) is 3.09. The van der Waals surface area contributed by atoms with Gasteiger partial charge in [-0.25, -0.2) is 9.97 Å². The Morgan fingerprint density at radius 1 is 1.12 bits per heavy atom. The largest absolute Gasteiger partial charge is 0.486 e. The number of hydrogen-bond acceptors (Lipinski definition) is 6. The van der Waals surface area contributed by atoms with Crippen LogP contribution in [0.5, 0.6) is 11.5 Å². The molecule has 7 nitrogen and oxygen atoms in total. The fourth-order valence-corrected chi connectivity index (χ4v) is 2.45. The first kappa shape index (κ1) is 16.0. The van der Waals surface area contributed by atoms with Crippen molar-refractivity contribution in [2.45, 2.75) is 13.8 Å². The molecule has 0 saturated heterocycles. The number of carbonyl (C=O) groups is 1. The van der Waals surface area contributed by atoms with Crippen LogP contribution in [-0.2, 0) is 0 Å². The van der Waals surface area contributed by atoms with Gasteiger partial charge >= 0.3 is 0 Å². The maximum absolute atomic E-state index is 12.2. The van der Waals surface area contributed by atoms with Crippen LogP contribution >= 0.6 is 0 Å². The highest BCUT2D eigenvalue weighted by atomic mass is 16.6. The smallest absolute Gasteiger partial charge is 0.256 e. The van der Waals surface area contributed by atoms with Gasteiger partial charge in [-0.1, -0.05) is 0 Å². The summed E-state index contributed by atoms with van der Waals surface area (Å²) in [6.45, 7) is 6.30. The molecule has 2 heterocycles. The van der Waals surface area contributed by atoms with Crippen molar-refractivity contribution in [2.75, 3.05) is 31.6 Å². The summed E-state index contributed by atoms with van der Waals surface area (Å²) in [7, 11) is 0. The van der Waals surface area contributed by atoms with E-state index in [2.05, 4.69) is 15.3 Å². The highest BCUT2D eigenvalue weighted by Crippen LogP contribution is 2.33. The SMILES string of the molecule is CCN(CC)C(=O)c1cnc(Nc2ccc3c(c2)OCCO3)nc1. The Hall–Kier alpha value is -2.83. The molecule has 7 heteroatoms. The molecule has 24 heavy (non-hydrogen) atoms. The molecule has 0 unspecified atom stereocenters. The average Bonchev–Trinajstić information content (AvgIpc) is 2.63. The van der Waals surface area contributed by atoms with Crippen LogP contribution in [0.1, 0.15) is 24.2 Å². The number of anilines is 2. The summed E-state index contributed by atoms with van der Waals surface area (Å²) in [6.07, 6.45) is 3.07. The number of ether oxygens (including phenoxy) is 2. The van der Waals surface area contributed by atoms with Crippen LogP contribution in [-0.4, -0.2) is 47.1 Å². The molecule has 1 aromatic carbocycles. The van der Waals surface area contributed by atoms with E-state index in [0.717, 1.165) is 11.4 Å². The fraction of sp³-hybridized carbons (Fsp3) is 0.353. The van der Waals surface area contributed by atoms with Crippen molar-refractivity contribution in [1.82, 2.24) is 14.9 Å². The van der Waals surface area contributed by atoms with Gasteiger partial charge in [-0.2, -0.15) is 0 Å². The Balaban J connectivity index is 1.71. The van der Waals surface area contributed by atoms with E-state index in [1.165, 1.54) is 12.4 Å². The molecule has 0 fully saturated rings. The highest BCUT2D eigenvalue weighted by Gasteiger charge is 2.14. The first-order chi connectivity index (χ1) is 11.7. The molecule has 2 aromatic rings. The van der Waals surface area contributed by atoms with Crippen molar-refractivity contribution in [3.05, 3.63) is 36.2 Å². The third-order valence-electron chi connectivity index (χ3n) is 3.75. The minimum Gasteiger partial charge on any atom is -0.486 e. The number of hydrogen-bond donors (Lipinski definition) is 1. The highest BCUT2D eigenvalue weighted by molar-refractivity contribution is 5.93. The zero-order chi connectivity index (χ0) is 16.9. The van der Waals surface area contributed by atoms with E-state index in [0.29, 0.717) is 43.6 Å². The predicted molar refractivity (Wildman–Crippen MR) is 90.0 cm³/mol. The molecule has 1 amide bonds. The minimum atomic E-state index is -0.0640. The second-order valence-corrected chi connectivity index (χ2v) is 5.26. The Morgan fingerprint density at radius 2 is 1.79 bits per heavy atom. The van der Waals surface area contributed by atoms with Crippen LogP contribution in [0.2, 0.25) is 0 Å². The maximum atomic E-state index is 12.2. The van der Waals surface area contributed by atoms with Crippen LogP contribution in [0.25, 0.3) is 0 Å². The van der Waals surface area contributed by atoms with Crippen molar-refractivity contribution in [2.24, 2.45) is 0 Å². The molecule has 0 bridgehead atoms. The number of nitrogens with zero attached hydrogens (tertiary/aromatic N) is 3. The standard InChI is InChI=1S/C17H20N4O3/c1-3-21(4-2)16(22)12-10-18-17(19-11-12)20-13-5-6-14-15(9-13)24-8-7-23-14/h5-6,9-11H,3-4,7-8H2,1-2H3,(H,18,19,20). The van der Waals surface area contributed by atoms with Crippen molar-refractivity contribution in [3.63, 3.8) is 0 Å². The molecule has 0 atom stereocenters. The van der Waals surface area contributed by atoms with Gasteiger partial charge < -0.3 is 19.7 Å². The molecule has 1 aliphatic heterocycles. The van der Waals surface area contributed by atoms with Crippen LogP contribution in [0.15, 0.2) is 30.6 Å². The lowest BCUT2D eigenvalue weighted by atomic mass is 10.2. The predicted octanol–water partition coefficient (Wildman–Crippen LogP) is 2.47. The number of amides is 1. The van der Waals surface area contributed by atoms with Gasteiger partial charge in [-0.15, -0.1) is 0 Å². The first-order valence-corrected chi connectivity index (χ1v) is 7.99. The van der Waals surface area contributed by atoms with Crippen molar-refractivity contribution in [3.8, 4) is 11.5 Å². The van der Waals surface area contributed by atoms with E-state index in [1.54, 1.807) is 4.90 Å². The molecule has 0 aliphatic carbocycles. The zero-order valence-corrected chi connectivity index (χ0v) is 13.8. The van der Waals surface area contributed by atoms with E-state index in [4.69, 9.17) is 9.47 Å². The Kier molecular flexibility index (Phi) is 4.79. The summed E-state index contributed by atoms with van der Waals surface area (Å²) in [4.78, 5) is 22.4. The summed E-state index contributed by atoms with van der Waals surface area (Å²) in [5.74, 6) is 1.78. The lowest BCUT2D eigenvalue weighted by molar-refractivity contribution is 0.0772. The monoisotopic (exact) mass is 328 g/mol. The fourth-order valence-electron chi connectivity index (χ4n) is 2.45. The van der Waals surface area contributed by atoms with Gasteiger partial charge in [0.25, 0.3) is 5.91 Å². The first-order valence-electron chi connectivity index (χ1n) is 7.99. The third kappa shape index (κ3) is 3.40. The summed E-state index contributed by atoms with van der Waals surface area (Å²) in [6, 6.07) is 5.55. The number of carbonyl (C=O) groups excluding carboxylic acids is 1. The van der Waals surface area contributed by atoms with Gasteiger partial charge in [0.05, 0.1) is 5.56 Å². The number of fused-ring (bicyclic) bond motifs is 1. The van der Waals surface area contributed by atoms with E-state index in [-0.39, 0.29) is 5.91 Å². The second-order valence-electron chi connectivity index (χ2n) is 5.26. The van der Waals surface area contributed by atoms with Gasteiger partial charge in [0.1, 0.15) is 13.2 Å². The molecule has 0 radical (unpaired) electrons. The summed E-state index contributed by atoms with van der Waals surface area (Å²) < 4.78 is 11.0. The van der Waals surface area contributed by atoms with Crippen molar-refractivity contribution >= 4 is 17.5 Å². The number of rotatable bonds is 5. The van der Waals surface area contributed by atoms with Crippen LogP contribution in [0.4, 0.5) is 11.6 Å². The molecule has 3 rings (SSSR count). The Labute approximate surface area is 140 Å². The molecule has 1 N–H and O–H groups in total. The van der Waals surface area contributed by atoms with E-state index in [1.807, 2.05) is 32.0 Å². The van der Waals surface area contributed by atoms with Gasteiger partial charge in [-0.05, 0) is 26.0 Å². The molecule has 0 spiro atoms. The summed E-state index contributed by atoms with van der Waals surface area (Å²) in [5.41, 5.74) is 1.27. The molecular weight excluding hydrogens is 308 g/mol. The van der Waals surface area contributed by atoms with Crippen LogP contribution in [0.3, 0.4) is 0 Å². The van der Waals surface area contributed by atoms with Crippen LogP contribution < -0.4 is 14.8 Å². The van der Waals surface area contributed by atoms with Crippen molar-refractivity contribution in [1.29, 1.82) is 0 Å². The van der Waals surface area contributed by atoms with E-state index < -0.39 is 0 Å². The average molecular weight is 328 g/mol. The Morgan fingerprint density at radius 3 is 2.46 bits per heavy atom. The molecule has 1 aliphatic rings. The van der Waals surface area contributed by atoms with Gasteiger partial charge in [-0.3, -0.25) is 4.79 Å². The molecule has 126 valence electrons. The lowest BCUT2D eigenvalue weighted by Gasteiger charge is -2.19. The number of benzene rings is 1. The third-order valence-corrected chi connectivity index (χ3v) is 3.75. The van der Waals surface area contributed by atoms with Gasteiger partial charge in [0.2, 0.25) is 5.95 Å². The number of nitrogens with one attached hydrogen (secondary N) is 1. The summed E-state index contributed by atoms with van der Waals surface area (Å²) >= 11 is 0. The van der Waals surface area contributed by atoms with E-state index >= 15 is 0 Å². The maximum Gasteiger partial charge on any atom is 0.256 e. The lowest BCUT2D eigenvalue weighted by Crippen LogP contribution is -2.30. The van der Waals surface area contributed by atoms with Crippen molar-refractivity contribution < 1.29 is 14.3 Å². The quantitative estimate of drug-likeness (QED) is 0.908.